The van der Waals surface area contributed by atoms with E-state index in [2.05, 4.69) is 15.5 Å². The number of rotatable bonds is 8. The molecule has 0 aliphatic rings. The van der Waals surface area contributed by atoms with Crippen molar-refractivity contribution in [3.63, 3.8) is 0 Å². The number of nitrogens with one attached hydrogen (secondary N) is 1. The summed E-state index contributed by atoms with van der Waals surface area (Å²) >= 11 is 4.11. The standard InChI is InChI=1S/C19H17N3O2S3/c1-13(17(24)20-15-10-6-3-7-11-15)26-19-22-21-18(27-19)25-12-16(23)14-8-4-2-5-9-14/h2-11,13H,12H2,1H3,(H,20,24)/t13-/m0/s1. The minimum atomic E-state index is -0.304. The lowest BCUT2D eigenvalue weighted by Crippen LogP contribution is -2.22. The first-order chi connectivity index (χ1) is 13.1. The van der Waals surface area contributed by atoms with E-state index in [9.17, 15) is 9.59 Å². The van der Waals surface area contributed by atoms with Gasteiger partial charge in [-0.15, -0.1) is 10.2 Å². The fraction of sp³-hybridized carbons (Fsp3) is 0.158. The summed E-state index contributed by atoms with van der Waals surface area (Å²) in [6.07, 6.45) is 0. The van der Waals surface area contributed by atoms with Gasteiger partial charge >= 0.3 is 0 Å². The smallest absolute Gasteiger partial charge is 0.237 e. The Morgan fingerprint density at radius 3 is 2.33 bits per heavy atom. The zero-order valence-corrected chi connectivity index (χ0v) is 16.9. The van der Waals surface area contributed by atoms with Crippen LogP contribution in [0.1, 0.15) is 17.3 Å². The Morgan fingerprint density at radius 1 is 1.00 bits per heavy atom. The Morgan fingerprint density at radius 2 is 1.63 bits per heavy atom. The average Bonchev–Trinajstić information content (AvgIpc) is 3.15. The normalized spacial score (nSPS) is 11.7. The number of carbonyl (C=O) groups excluding carboxylic acids is 2. The maximum Gasteiger partial charge on any atom is 0.237 e. The second-order valence-electron chi connectivity index (χ2n) is 5.53. The number of para-hydroxylation sites is 1. The first kappa shape index (κ1) is 19.6. The van der Waals surface area contributed by atoms with Gasteiger partial charge in [-0.2, -0.15) is 0 Å². The number of hydrogen-bond donors (Lipinski definition) is 1. The molecule has 0 spiro atoms. The number of Topliss-reactive ketones (excluding diaryl/α,β-unsaturated/α-hetero) is 1. The van der Waals surface area contributed by atoms with Crippen molar-refractivity contribution in [1.29, 1.82) is 0 Å². The Kier molecular flexibility index (Phi) is 7.03. The molecule has 1 aromatic heterocycles. The number of carbonyl (C=O) groups is 2. The van der Waals surface area contributed by atoms with Gasteiger partial charge in [-0.25, -0.2) is 0 Å². The van der Waals surface area contributed by atoms with Gasteiger partial charge in [0.25, 0.3) is 0 Å². The van der Waals surface area contributed by atoms with Gasteiger partial charge in [0.2, 0.25) is 5.91 Å². The van der Waals surface area contributed by atoms with Gasteiger partial charge in [0.15, 0.2) is 14.5 Å². The second-order valence-corrected chi connectivity index (χ2v) is 9.32. The molecule has 0 aliphatic heterocycles. The van der Waals surface area contributed by atoms with E-state index in [4.69, 9.17) is 0 Å². The maximum absolute atomic E-state index is 12.3. The van der Waals surface area contributed by atoms with E-state index in [-0.39, 0.29) is 16.9 Å². The van der Waals surface area contributed by atoms with Crippen LogP contribution < -0.4 is 5.32 Å². The highest BCUT2D eigenvalue weighted by Crippen LogP contribution is 2.31. The van der Waals surface area contributed by atoms with Crippen molar-refractivity contribution in [2.24, 2.45) is 0 Å². The summed E-state index contributed by atoms with van der Waals surface area (Å²) in [4.78, 5) is 24.4. The Hall–Kier alpha value is -2.16. The molecule has 0 bridgehead atoms. The molecule has 0 radical (unpaired) electrons. The van der Waals surface area contributed by atoms with Crippen molar-refractivity contribution in [1.82, 2.24) is 10.2 Å². The molecule has 0 unspecified atom stereocenters. The highest BCUT2D eigenvalue weighted by molar-refractivity contribution is 8.04. The van der Waals surface area contributed by atoms with E-state index < -0.39 is 0 Å². The molecule has 27 heavy (non-hydrogen) atoms. The van der Waals surface area contributed by atoms with E-state index >= 15 is 0 Å². The van der Waals surface area contributed by atoms with Crippen LogP contribution >= 0.6 is 34.9 Å². The van der Waals surface area contributed by atoms with Gasteiger partial charge in [-0.05, 0) is 19.1 Å². The molecule has 1 N–H and O–H groups in total. The van der Waals surface area contributed by atoms with Crippen molar-refractivity contribution in [2.75, 3.05) is 11.1 Å². The molecule has 5 nitrogen and oxygen atoms in total. The van der Waals surface area contributed by atoms with Crippen molar-refractivity contribution in [3.8, 4) is 0 Å². The third-order valence-corrected chi connectivity index (χ3v) is 6.74. The van der Waals surface area contributed by atoms with Crippen LogP contribution in [0.15, 0.2) is 69.3 Å². The molecule has 0 saturated heterocycles. The Balaban J connectivity index is 1.50. The zero-order chi connectivity index (χ0) is 19.1. The number of hydrogen-bond acceptors (Lipinski definition) is 7. The minimum absolute atomic E-state index is 0.0561. The molecule has 1 heterocycles. The largest absolute Gasteiger partial charge is 0.325 e. The molecular formula is C19H17N3O2S3. The van der Waals surface area contributed by atoms with Crippen LogP contribution in [0.5, 0.6) is 0 Å². The Bertz CT molecular complexity index is 901. The number of amides is 1. The number of thioether (sulfide) groups is 2. The average molecular weight is 416 g/mol. The SMILES string of the molecule is C[C@H](Sc1nnc(SCC(=O)c2ccccc2)s1)C(=O)Nc1ccccc1. The number of anilines is 1. The predicted octanol–water partition coefficient (Wildman–Crippen LogP) is 4.63. The monoisotopic (exact) mass is 415 g/mol. The summed E-state index contributed by atoms with van der Waals surface area (Å²) in [7, 11) is 0. The lowest BCUT2D eigenvalue weighted by molar-refractivity contribution is -0.115. The molecule has 8 heteroatoms. The van der Waals surface area contributed by atoms with Gasteiger partial charge in [0, 0.05) is 11.3 Å². The molecule has 138 valence electrons. The van der Waals surface area contributed by atoms with Crippen LogP contribution in [-0.4, -0.2) is 32.9 Å². The number of ketones is 1. The minimum Gasteiger partial charge on any atom is -0.325 e. The molecule has 0 aliphatic carbocycles. The van der Waals surface area contributed by atoms with Crippen molar-refractivity contribution in [3.05, 3.63) is 66.2 Å². The molecule has 1 amide bonds. The fourth-order valence-electron chi connectivity index (χ4n) is 2.11. The zero-order valence-electron chi connectivity index (χ0n) is 14.5. The number of aromatic nitrogens is 2. The topological polar surface area (TPSA) is 72.0 Å². The lowest BCUT2D eigenvalue weighted by atomic mass is 10.2. The molecule has 0 fully saturated rings. The van der Waals surface area contributed by atoms with Crippen LogP contribution in [0.25, 0.3) is 0 Å². The van der Waals surface area contributed by atoms with Crippen LogP contribution in [-0.2, 0) is 4.79 Å². The van der Waals surface area contributed by atoms with Crippen molar-refractivity contribution < 1.29 is 9.59 Å². The molecule has 1 atom stereocenters. The van der Waals surface area contributed by atoms with Crippen LogP contribution in [0.4, 0.5) is 5.69 Å². The van der Waals surface area contributed by atoms with Crippen molar-refractivity contribution in [2.45, 2.75) is 20.9 Å². The van der Waals surface area contributed by atoms with Crippen molar-refractivity contribution >= 4 is 52.2 Å². The summed E-state index contributed by atoms with van der Waals surface area (Å²) in [5, 5.41) is 10.8. The highest BCUT2D eigenvalue weighted by atomic mass is 32.2. The summed E-state index contributed by atoms with van der Waals surface area (Å²) < 4.78 is 1.43. The summed E-state index contributed by atoms with van der Waals surface area (Å²) in [5.74, 6) is 0.281. The van der Waals surface area contributed by atoms with Gasteiger partial charge < -0.3 is 5.32 Å². The second kappa shape index (κ2) is 9.68. The third-order valence-electron chi connectivity index (χ3n) is 3.50. The first-order valence-electron chi connectivity index (χ1n) is 8.19. The molecular weight excluding hydrogens is 398 g/mol. The van der Waals surface area contributed by atoms with Crippen LogP contribution in [0.2, 0.25) is 0 Å². The van der Waals surface area contributed by atoms with Gasteiger partial charge in [0.1, 0.15) is 0 Å². The summed E-state index contributed by atoms with van der Waals surface area (Å²) in [5.41, 5.74) is 1.46. The Labute approximate surface area is 170 Å². The summed E-state index contributed by atoms with van der Waals surface area (Å²) in [6, 6.07) is 18.5. The quantitative estimate of drug-likeness (QED) is 0.427. The van der Waals surface area contributed by atoms with Crippen LogP contribution in [0, 0.1) is 0 Å². The maximum atomic E-state index is 12.3. The first-order valence-corrected chi connectivity index (χ1v) is 10.9. The summed E-state index contributed by atoms with van der Waals surface area (Å²) in [6.45, 7) is 1.83. The van der Waals surface area contributed by atoms with Gasteiger partial charge in [-0.1, -0.05) is 83.4 Å². The molecule has 3 aromatic rings. The number of benzene rings is 2. The number of nitrogens with zero attached hydrogens (tertiary/aromatic N) is 2. The molecule has 2 aromatic carbocycles. The van der Waals surface area contributed by atoms with Gasteiger partial charge in [0.05, 0.1) is 11.0 Å². The van der Waals surface area contributed by atoms with E-state index in [0.29, 0.717) is 15.7 Å². The molecule has 0 saturated carbocycles. The van der Waals surface area contributed by atoms with E-state index in [1.807, 2.05) is 55.5 Å². The predicted molar refractivity (Wildman–Crippen MR) is 112 cm³/mol. The van der Waals surface area contributed by atoms with E-state index in [1.165, 1.54) is 34.9 Å². The highest BCUT2D eigenvalue weighted by Gasteiger charge is 2.18. The van der Waals surface area contributed by atoms with E-state index in [0.717, 1.165) is 10.0 Å². The van der Waals surface area contributed by atoms with Crippen LogP contribution in [0.3, 0.4) is 0 Å². The fourth-order valence-corrected chi connectivity index (χ4v) is 5.17. The molecule has 3 rings (SSSR count). The van der Waals surface area contributed by atoms with E-state index in [1.54, 1.807) is 12.1 Å². The van der Waals surface area contributed by atoms with Gasteiger partial charge in [-0.3, -0.25) is 9.59 Å². The third kappa shape index (κ3) is 5.92. The lowest BCUT2D eigenvalue weighted by Gasteiger charge is -2.09.